The van der Waals surface area contributed by atoms with Crippen LogP contribution in [0.4, 0.5) is 13.2 Å². The van der Waals surface area contributed by atoms with Crippen LogP contribution in [-0.2, 0) is 15.8 Å². The third kappa shape index (κ3) is 4.46. The molecule has 0 heterocycles. The summed E-state index contributed by atoms with van der Waals surface area (Å²) >= 11 is 0. The van der Waals surface area contributed by atoms with E-state index in [1.54, 1.807) is 13.8 Å². The average Bonchev–Trinajstić information content (AvgIpc) is 3.23. The summed E-state index contributed by atoms with van der Waals surface area (Å²) in [5, 5.41) is 5.10. The van der Waals surface area contributed by atoms with Gasteiger partial charge in [-0.2, -0.15) is 13.2 Å². The van der Waals surface area contributed by atoms with E-state index in [4.69, 9.17) is 0 Å². The topological polar surface area (TPSA) is 58.2 Å². The normalized spacial score (nSPS) is 20.3. The first kappa shape index (κ1) is 17.3. The van der Waals surface area contributed by atoms with Gasteiger partial charge in [-0.15, -0.1) is 0 Å². The molecular formula is C16H19F3N2O2. The van der Waals surface area contributed by atoms with E-state index in [-0.39, 0.29) is 30.0 Å². The molecule has 0 saturated heterocycles. The number of amides is 2. The molecule has 2 atom stereocenters. The second-order valence-corrected chi connectivity index (χ2v) is 5.97. The zero-order valence-corrected chi connectivity index (χ0v) is 12.9. The highest BCUT2D eigenvalue weighted by Crippen LogP contribution is 2.50. The third-order valence-electron chi connectivity index (χ3n) is 3.67. The van der Waals surface area contributed by atoms with Gasteiger partial charge in [-0.3, -0.25) is 9.59 Å². The Morgan fingerprint density at radius 1 is 1.26 bits per heavy atom. The van der Waals surface area contributed by atoms with Crippen LogP contribution in [-0.4, -0.2) is 24.4 Å². The molecule has 0 aliphatic heterocycles. The van der Waals surface area contributed by atoms with Gasteiger partial charge in [0, 0.05) is 12.0 Å². The molecule has 0 aromatic heterocycles. The molecule has 1 aromatic rings. The van der Waals surface area contributed by atoms with E-state index in [1.807, 2.05) is 0 Å². The number of hydrogen-bond donors (Lipinski definition) is 2. The number of nitrogens with one attached hydrogen (secondary N) is 2. The molecule has 1 aliphatic rings. The van der Waals surface area contributed by atoms with Crippen LogP contribution in [0, 0.1) is 5.92 Å². The predicted octanol–water partition coefficient (Wildman–Crippen LogP) is 2.45. The van der Waals surface area contributed by atoms with Crippen LogP contribution < -0.4 is 10.6 Å². The van der Waals surface area contributed by atoms with Gasteiger partial charge in [-0.25, -0.2) is 0 Å². The van der Waals surface area contributed by atoms with Crippen molar-refractivity contribution in [2.75, 3.05) is 6.54 Å². The van der Waals surface area contributed by atoms with Crippen molar-refractivity contribution in [1.29, 1.82) is 0 Å². The summed E-state index contributed by atoms with van der Waals surface area (Å²) in [5.74, 6) is -1.65. The van der Waals surface area contributed by atoms with E-state index in [0.717, 1.165) is 6.07 Å². The minimum atomic E-state index is -4.43. The molecule has 7 heteroatoms. The molecule has 2 N–H and O–H groups in total. The first-order valence-corrected chi connectivity index (χ1v) is 7.43. The molecule has 0 radical (unpaired) electrons. The summed E-state index contributed by atoms with van der Waals surface area (Å²) in [6.45, 7) is 3.43. The maximum atomic E-state index is 13.0. The van der Waals surface area contributed by atoms with Gasteiger partial charge in [0.25, 0.3) is 0 Å². The van der Waals surface area contributed by atoms with Crippen LogP contribution >= 0.6 is 0 Å². The monoisotopic (exact) mass is 328 g/mol. The SMILES string of the molecule is CC(C)NC(=O)CNC(=O)C1CC1c1ccccc1C(F)(F)F. The molecule has 1 aromatic carbocycles. The molecule has 2 unspecified atom stereocenters. The zero-order valence-electron chi connectivity index (χ0n) is 12.9. The van der Waals surface area contributed by atoms with Crippen LogP contribution in [0.3, 0.4) is 0 Å². The summed E-state index contributed by atoms with van der Waals surface area (Å²) < 4.78 is 39.0. The number of alkyl halides is 3. The summed E-state index contributed by atoms with van der Waals surface area (Å²) in [6, 6.07) is 5.27. The highest BCUT2D eigenvalue weighted by atomic mass is 19.4. The Morgan fingerprint density at radius 3 is 2.52 bits per heavy atom. The predicted molar refractivity (Wildman–Crippen MR) is 78.6 cm³/mol. The lowest BCUT2D eigenvalue weighted by Crippen LogP contribution is -2.40. The zero-order chi connectivity index (χ0) is 17.2. The van der Waals surface area contributed by atoms with Crippen LogP contribution in [0.1, 0.15) is 37.3 Å². The second kappa shape index (κ2) is 6.60. The molecule has 4 nitrogen and oxygen atoms in total. The molecule has 126 valence electrons. The lowest BCUT2D eigenvalue weighted by Gasteiger charge is -2.12. The van der Waals surface area contributed by atoms with Crippen molar-refractivity contribution < 1.29 is 22.8 Å². The van der Waals surface area contributed by atoms with Gasteiger partial charge < -0.3 is 10.6 Å². The first-order valence-electron chi connectivity index (χ1n) is 7.43. The second-order valence-electron chi connectivity index (χ2n) is 5.97. The van der Waals surface area contributed by atoms with Gasteiger partial charge in [0.05, 0.1) is 12.1 Å². The highest BCUT2D eigenvalue weighted by molar-refractivity contribution is 5.88. The van der Waals surface area contributed by atoms with Crippen molar-refractivity contribution in [2.45, 2.75) is 38.4 Å². The average molecular weight is 328 g/mol. The van der Waals surface area contributed by atoms with Crippen LogP contribution in [0.15, 0.2) is 24.3 Å². The van der Waals surface area contributed by atoms with Crippen molar-refractivity contribution in [1.82, 2.24) is 10.6 Å². The van der Waals surface area contributed by atoms with Gasteiger partial charge >= 0.3 is 6.18 Å². The fourth-order valence-corrected chi connectivity index (χ4v) is 2.58. The van der Waals surface area contributed by atoms with Crippen LogP contribution in [0.5, 0.6) is 0 Å². The van der Waals surface area contributed by atoms with Gasteiger partial charge in [-0.05, 0) is 37.8 Å². The molecule has 2 amide bonds. The Hall–Kier alpha value is -2.05. The summed E-state index contributed by atoms with van der Waals surface area (Å²) in [6.07, 6.45) is -4.07. The number of halogens is 3. The largest absolute Gasteiger partial charge is 0.416 e. The lowest BCUT2D eigenvalue weighted by atomic mass is 10.0. The van der Waals surface area contributed by atoms with Crippen molar-refractivity contribution in [3.63, 3.8) is 0 Å². The minimum absolute atomic E-state index is 0.0354. The molecule has 1 fully saturated rings. The maximum Gasteiger partial charge on any atom is 0.416 e. The van der Waals surface area contributed by atoms with Gasteiger partial charge in [0.1, 0.15) is 0 Å². The summed E-state index contributed by atoms with van der Waals surface area (Å²) in [4.78, 5) is 23.4. The van der Waals surface area contributed by atoms with E-state index in [1.165, 1.54) is 18.2 Å². The fourth-order valence-electron chi connectivity index (χ4n) is 2.58. The van der Waals surface area contributed by atoms with Crippen LogP contribution in [0.2, 0.25) is 0 Å². The summed E-state index contributed by atoms with van der Waals surface area (Å²) in [7, 11) is 0. The lowest BCUT2D eigenvalue weighted by molar-refractivity contribution is -0.138. The Balaban J connectivity index is 1.95. The van der Waals surface area contributed by atoms with Crippen LogP contribution in [0.25, 0.3) is 0 Å². The van der Waals surface area contributed by atoms with Crippen molar-refractivity contribution >= 4 is 11.8 Å². The molecule has 2 rings (SSSR count). The number of benzene rings is 1. The van der Waals surface area contributed by atoms with Crippen molar-refractivity contribution in [3.05, 3.63) is 35.4 Å². The number of carbonyl (C=O) groups excluding carboxylic acids is 2. The molecule has 1 saturated carbocycles. The van der Waals surface area contributed by atoms with Crippen molar-refractivity contribution in [2.24, 2.45) is 5.92 Å². The van der Waals surface area contributed by atoms with E-state index >= 15 is 0 Å². The quantitative estimate of drug-likeness (QED) is 0.872. The Bertz CT molecular complexity index is 599. The Labute approximate surface area is 132 Å². The van der Waals surface area contributed by atoms with E-state index < -0.39 is 23.6 Å². The number of carbonyl (C=O) groups is 2. The van der Waals surface area contributed by atoms with E-state index in [2.05, 4.69) is 10.6 Å². The highest BCUT2D eigenvalue weighted by Gasteiger charge is 2.47. The van der Waals surface area contributed by atoms with E-state index in [9.17, 15) is 22.8 Å². The Morgan fingerprint density at radius 2 is 1.91 bits per heavy atom. The molecule has 0 spiro atoms. The first-order chi connectivity index (χ1) is 10.7. The number of rotatable bonds is 5. The van der Waals surface area contributed by atoms with Gasteiger partial charge in [0.15, 0.2) is 0 Å². The van der Waals surface area contributed by atoms with Crippen molar-refractivity contribution in [3.8, 4) is 0 Å². The van der Waals surface area contributed by atoms with E-state index in [0.29, 0.717) is 6.42 Å². The third-order valence-corrected chi connectivity index (χ3v) is 3.67. The standard InChI is InChI=1S/C16H19F3N2O2/c1-9(2)21-14(22)8-20-15(23)12-7-11(12)10-5-3-4-6-13(10)16(17,18)19/h3-6,9,11-12H,7-8H2,1-2H3,(H,20,23)(H,21,22). The van der Waals surface area contributed by atoms with Gasteiger partial charge in [0.2, 0.25) is 11.8 Å². The fraction of sp³-hybridized carbons (Fsp3) is 0.500. The molecule has 1 aliphatic carbocycles. The molecular weight excluding hydrogens is 309 g/mol. The molecule has 23 heavy (non-hydrogen) atoms. The van der Waals surface area contributed by atoms with Gasteiger partial charge in [-0.1, -0.05) is 18.2 Å². The Kier molecular flexibility index (Phi) is 4.97. The smallest absolute Gasteiger partial charge is 0.352 e. The molecule has 0 bridgehead atoms. The number of hydrogen-bond acceptors (Lipinski definition) is 2. The maximum absolute atomic E-state index is 13.0. The minimum Gasteiger partial charge on any atom is -0.352 e. The summed E-state index contributed by atoms with van der Waals surface area (Å²) in [5.41, 5.74) is -0.551.